The van der Waals surface area contributed by atoms with E-state index in [9.17, 15) is 4.79 Å². The fourth-order valence-electron chi connectivity index (χ4n) is 2.02. The summed E-state index contributed by atoms with van der Waals surface area (Å²) < 4.78 is 0.710. The number of benzene rings is 1. The Bertz CT molecular complexity index is 561. The van der Waals surface area contributed by atoms with Crippen LogP contribution >= 0.6 is 24.0 Å². The van der Waals surface area contributed by atoms with Gasteiger partial charge in [0, 0.05) is 6.04 Å². The molecule has 0 atom stereocenters. The lowest BCUT2D eigenvalue weighted by Crippen LogP contribution is -2.30. The largest absolute Gasteiger partial charge is 0.290 e. The van der Waals surface area contributed by atoms with Gasteiger partial charge in [-0.25, -0.2) is 0 Å². The molecule has 92 valence electrons. The molecule has 1 aliphatic carbocycles. The van der Waals surface area contributed by atoms with Crippen LogP contribution < -0.4 is 0 Å². The molecule has 0 aromatic heterocycles. The molecule has 0 bridgehead atoms. The maximum atomic E-state index is 12.3. The molecule has 2 nitrogen and oxygen atoms in total. The summed E-state index contributed by atoms with van der Waals surface area (Å²) >= 11 is 6.71. The van der Waals surface area contributed by atoms with E-state index >= 15 is 0 Å². The molecular formula is C14H13NOS2. The molecule has 0 spiro atoms. The molecule has 2 fully saturated rings. The molecule has 1 aliphatic heterocycles. The molecule has 0 N–H and O–H groups in total. The fraction of sp³-hybridized carbons (Fsp3) is 0.286. The summed E-state index contributed by atoms with van der Waals surface area (Å²) in [6.07, 6.45) is 4.13. The zero-order valence-electron chi connectivity index (χ0n) is 10.1. The second-order valence-electron chi connectivity index (χ2n) is 4.64. The van der Waals surface area contributed by atoms with Crippen molar-refractivity contribution in [2.75, 3.05) is 0 Å². The molecule has 1 amide bonds. The lowest BCUT2D eigenvalue weighted by molar-refractivity contribution is -0.122. The van der Waals surface area contributed by atoms with Crippen molar-refractivity contribution in [3.63, 3.8) is 0 Å². The minimum absolute atomic E-state index is 0.0794. The minimum Gasteiger partial charge on any atom is -0.290 e. The molecule has 4 heteroatoms. The van der Waals surface area contributed by atoms with Crippen molar-refractivity contribution in [3.8, 4) is 0 Å². The second kappa shape index (κ2) is 4.52. The van der Waals surface area contributed by atoms with Gasteiger partial charge in [0.15, 0.2) is 0 Å². The van der Waals surface area contributed by atoms with Gasteiger partial charge in [-0.15, -0.1) is 0 Å². The number of rotatable bonds is 2. The SMILES string of the molecule is Cc1ccccc1/C=C1\SC(=S)N(C2CC2)C1=O. The van der Waals surface area contributed by atoms with Crippen molar-refractivity contribution < 1.29 is 4.79 Å². The first-order valence-electron chi connectivity index (χ1n) is 5.99. The number of nitrogens with zero attached hydrogens (tertiary/aromatic N) is 1. The molecule has 0 unspecified atom stereocenters. The zero-order valence-corrected chi connectivity index (χ0v) is 11.7. The smallest absolute Gasteiger partial charge is 0.266 e. The molecule has 0 radical (unpaired) electrons. The monoisotopic (exact) mass is 275 g/mol. The first kappa shape index (κ1) is 11.9. The highest BCUT2D eigenvalue weighted by atomic mass is 32.2. The Morgan fingerprint density at radius 1 is 1.39 bits per heavy atom. The average molecular weight is 275 g/mol. The Hall–Kier alpha value is -1.13. The second-order valence-corrected chi connectivity index (χ2v) is 6.32. The van der Waals surface area contributed by atoms with Crippen molar-refractivity contribution in [2.24, 2.45) is 0 Å². The van der Waals surface area contributed by atoms with E-state index in [4.69, 9.17) is 12.2 Å². The number of carbonyl (C=O) groups excluding carboxylic acids is 1. The van der Waals surface area contributed by atoms with Gasteiger partial charge in [0.25, 0.3) is 5.91 Å². The summed E-state index contributed by atoms with van der Waals surface area (Å²) in [7, 11) is 0. The van der Waals surface area contributed by atoms with E-state index in [-0.39, 0.29) is 5.91 Å². The molecule has 1 aromatic rings. The number of aryl methyl sites for hydroxylation is 1. The Labute approximate surface area is 116 Å². The van der Waals surface area contributed by atoms with Crippen molar-refractivity contribution in [1.29, 1.82) is 0 Å². The summed E-state index contributed by atoms with van der Waals surface area (Å²) in [4.78, 5) is 14.8. The van der Waals surface area contributed by atoms with Crippen LogP contribution in [0.3, 0.4) is 0 Å². The zero-order chi connectivity index (χ0) is 12.7. The van der Waals surface area contributed by atoms with E-state index in [0.717, 1.165) is 23.3 Å². The number of thioether (sulfide) groups is 1. The van der Waals surface area contributed by atoms with Gasteiger partial charge < -0.3 is 0 Å². The third kappa shape index (κ3) is 2.10. The quantitative estimate of drug-likeness (QED) is 0.610. The lowest BCUT2D eigenvalue weighted by Gasteiger charge is -2.11. The Kier molecular flexibility index (Phi) is 2.99. The molecule has 1 saturated carbocycles. The van der Waals surface area contributed by atoms with E-state index in [1.807, 2.05) is 37.3 Å². The summed E-state index contributed by atoms with van der Waals surface area (Å²) in [5.41, 5.74) is 2.27. The number of amides is 1. The fourth-order valence-corrected chi connectivity index (χ4v) is 3.41. The van der Waals surface area contributed by atoms with Crippen molar-refractivity contribution in [1.82, 2.24) is 4.90 Å². The standard InChI is InChI=1S/C14H13NOS2/c1-9-4-2-3-5-10(9)8-12-13(16)15(11-6-7-11)14(17)18-12/h2-5,8,11H,6-7H2,1H3/b12-8-. The lowest BCUT2D eigenvalue weighted by atomic mass is 10.1. The van der Waals surface area contributed by atoms with E-state index in [1.165, 1.54) is 17.3 Å². The van der Waals surface area contributed by atoms with Gasteiger partial charge in [-0.05, 0) is 37.0 Å². The predicted octanol–water partition coefficient (Wildman–Crippen LogP) is 3.36. The van der Waals surface area contributed by atoms with E-state index < -0.39 is 0 Å². The molecule has 3 rings (SSSR count). The van der Waals surface area contributed by atoms with Gasteiger partial charge in [0.05, 0.1) is 4.91 Å². The summed E-state index contributed by atoms with van der Waals surface area (Å²) in [6, 6.07) is 8.43. The van der Waals surface area contributed by atoms with E-state index in [0.29, 0.717) is 10.4 Å². The normalized spacial score (nSPS) is 22.1. The van der Waals surface area contributed by atoms with Crippen molar-refractivity contribution in [3.05, 3.63) is 40.3 Å². The third-order valence-corrected chi connectivity index (χ3v) is 4.54. The van der Waals surface area contributed by atoms with Gasteiger partial charge in [0.1, 0.15) is 4.32 Å². The molecule has 1 aromatic carbocycles. The van der Waals surface area contributed by atoms with Gasteiger partial charge in [0.2, 0.25) is 0 Å². The first-order chi connectivity index (χ1) is 8.66. The molecule has 1 heterocycles. The number of hydrogen-bond donors (Lipinski definition) is 0. The van der Waals surface area contributed by atoms with Crippen molar-refractivity contribution >= 4 is 40.3 Å². The Morgan fingerprint density at radius 3 is 2.78 bits per heavy atom. The summed E-state index contributed by atoms with van der Waals surface area (Å²) in [6.45, 7) is 2.05. The molecule has 2 aliphatic rings. The van der Waals surface area contributed by atoms with Crippen LogP contribution in [-0.4, -0.2) is 21.2 Å². The van der Waals surface area contributed by atoms with Crippen LogP contribution in [0.1, 0.15) is 24.0 Å². The highest BCUT2D eigenvalue weighted by molar-refractivity contribution is 8.26. The van der Waals surface area contributed by atoms with E-state index in [1.54, 1.807) is 4.90 Å². The number of hydrogen-bond acceptors (Lipinski definition) is 3. The highest BCUT2D eigenvalue weighted by Crippen LogP contribution is 2.40. The van der Waals surface area contributed by atoms with E-state index in [2.05, 4.69) is 0 Å². The van der Waals surface area contributed by atoms with Gasteiger partial charge in [-0.3, -0.25) is 9.69 Å². The topological polar surface area (TPSA) is 20.3 Å². The minimum atomic E-state index is 0.0794. The summed E-state index contributed by atoms with van der Waals surface area (Å²) in [5.74, 6) is 0.0794. The van der Waals surface area contributed by atoms with Gasteiger partial charge >= 0.3 is 0 Å². The van der Waals surface area contributed by atoms with Crippen molar-refractivity contribution in [2.45, 2.75) is 25.8 Å². The van der Waals surface area contributed by atoms with Crippen LogP contribution in [0.4, 0.5) is 0 Å². The van der Waals surface area contributed by atoms with Gasteiger partial charge in [-0.1, -0.05) is 48.2 Å². The average Bonchev–Trinajstić information content (AvgIpc) is 3.11. The first-order valence-corrected chi connectivity index (χ1v) is 7.22. The predicted molar refractivity (Wildman–Crippen MR) is 79.2 cm³/mol. The molecular weight excluding hydrogens is 262 g/mol. The van der Waals surface area contributed by atoms with Crippen LogP contribution in [0, 0.1) is 6.92 Å². The number of carbonyl (C=O) groups is 1. The third-order valence-electron chi connectivity index (χ3n) is 3.21. The Morgan fingerprint density at radius 2 is 2.11 bits per heavy atom. The Balaban J connectivity index is 1.92. The number of thiocarbonyl (C=S) groups is 1. The van der Waals surface area contributed by atoms with Crippen LogP contribution in [-0.2, 0) is 4.79 Å². The van der Waals surface area contributed by atoms with Crippen LogP contribution in [0.25, 0.3) is 6.08 Å². The van der Waals surface area contributed by atoms with Gasteiger partial charge in [-0.2, -0.15) is 0 Å². The maximum absolute atomic E-state index is 12.3. The molecule has 1 saturated heterocycles. The molecule has 18 heavy (non-hydrogen) atoms. The maximum Gasteiger partial charge on any atom is 0.266 e. The van der Waals surface area contributed by atoms with Crippen LogP contribution in [0.2, 0.25) is 0 Å². The van der Waals surface area contributed by atoms with Crippen LogP contribution in [0.15, 0.2) is 29.2 Å². The van der Waals surface area contributed by atoms with Crippen LogP contribution in [0.5, 0.6) is 0 Å². The highest BCUT2D eigenvalue weighted by Gasteiger charge is 2.41. The summed E-state index contributed by atoms with van der Waals surface area (Å²) in [5, 5.41) is 0.